The second kappa shape index (κ2) is 8.34. The number of nitrogens with zero attached hydrogens (tertiary/aromatic N) is 3. The molecule has 0 saturated carbocycles. The van der Waals surface area contributed by atoms with Crippen LogP contribution in [0, 0.1) is 0 Å². The number of methoxy groups -OCH3 is 1. The highest BCUT2D eigenvalue weighted by molar-refractivity contribution is 5.45. The SMILES string of the molecule is CCCNc1ccc([C@@H](OC)[C@@H](CF)N=[N+]=[N-])cc1. The van der Waals surface area contributed by atoms with Gasteiger partial charge in [0.15, 0.2) is 0 Å². The average Bonchev–Trinajstić information content (AvgIpc) is 2.46. The minimum atomic E-state index is -0.843. The number of rotatable bonds is 8. The van der Waals surface area contributed by atoms with Gasteiger partial charge in [0.1, 0.15) is 6.67 Å². The zero-order chi connectivity index (χ0) is 14.1. The maximum atomic E-state index is 12.9. The van der Waals surface area contributed by atoms with Crippen molar-refractivity contribution in [3.8, 4) is 0 Å². The summed E-state index contributed by atoms with van der Waals surface area (Å²) in [6, 6.07) is 6.67. The summed E-state index contributed by atoms with van der Waals surface area (Å²) in [5, 5.41) is 6.68. The van der Waals surface area contributed by atoms with Gasteiger partial charge in [-0.25, -0.2) is 0 Å². The van der Waals surface area contributed by atoms with Crippen molar-refractivity contribution in [3.63, 3.8) is 0 Å². The number of hydrogen-bond donors (Lipinski definition) is 1. The number of benzene rings is 1. The third-order valence-electron chi connectivity index (χ3n) is 2.78. The lowest BCUT2D eigenvalue weighted by atomic mass is 10.0. The molecule has 2 atom stereocenters. The van der Waals surface area contributed by atoms with Crippen molar-refractivity contribution in [2.24, 2.45) is 5.11 Å². The molecule has 0 unspecified atom stereocenters. The molecule has 0 saturated heterocycles. The van der Waals surface area contributed by atoms with Crippen LogP contribution in [0.15, 0.2) is 29.4 Å². The maximum Gasteiger partial charge on any atom is 0.101 e. The predicted molar refractivity (Wildman–Crippen MR) is 73.9 cm³/mol. The lowest BCUT2D eigenvalue weighted by molar-refractivity contribution is 0.0722. The van der Waals surface area contributed by atoms with E-state index >= 15 is 0 Å². The van der Waals surface area contributed by atoms with Gasteiger partial charge in [-0.2, -0.15) is 0 Å². The molecule has 0 radical (unpaired) electrons. The van der Waals surface area contributed by atoms with Gasteiger partial charge < -0.3 is 10.1 Å². The summed E-state index contributed by atoms with van der Waals surface area (Å²) in [6.07, 6.45) is 0.476. The highest BCUT2D eigenvalue weighted by Crippen LogP contribution is 2.25. The molecule has 0 spiro atoms. The van der Waals surface area contributed by atoms with Crippen LogP contribution in [-0.2, 0) is 4.74 Å². The first-order valence-electron chi connectivity index (χ1n) is 6.23. The van der Waals surface area contributed by atoms with Gasteiger partial charge in [0.2, 0.25) is 0 Å². The molecular formula is C13H19FN4O. The van der Waals surface area contributed by atoms with Gasteiger partial charge in [-0.1, -0.05) is 24.2 Å². The largest absolute Gasteiger partial charge is 0.385 e. The molecule has 0 aliphatic rings. The summed E-state index contributed by atoms with van der Waals surface area (Å²) in [5.74, 6) is 0. The van der Waals surface area contributed by atoms with E-state index in [0.29, 0.717) is 0 Å². The molecule has 1 aromatic carbocycles. The van der Waals surface area contributed by atoms with Gasteiger partial charge in [0, 0.05) is 24.3 Å². The van der Waals surface area contributed by atoms with Gasteiger partial charge in [-0.05, 0) is 29.6 Å². The van der Waals surface area contributed by atoms with Crippen LogP contribution in [0.1, 0.15) is 25.0 Å². The van der Waals surface area contributed by atoms with Crippen molar-refractivity contribution < 1.29 is 9.13 Å². The molecule has 19 heavy (non-hydrogen) atoms. The summed E-state index contributed by atoms with van der Waals surface area (Å²) < 4.78 is 18.1. The quantitative estimate of drug-likeness (QED) is 0.441. The van der Waals surface area contributed by atoms with E-state index in [9.17, 15) is 4.39 Å². The van der Waals surface area contributed by atoms with Crippen LogP contribution in [0.2, 0.25) is 0 Å². The number of halogens is 1. The normalized spacial score (nSPS) is 13.4. The first-order valence-corrected chi connectivity index (χ1v) is 6.23. The summed E-state index contributed by atoms with van der Waals surface area (Å²) in [7, 11) is 1.48. The van der Waals surface area contributed by atoms with E-state index < -0.39 is 18.8 Å². The fourth-order valence-corrected chi connectivity index (χ4v) is 1.81. The minimum Gasteiger partial charge on any atom is -0.385 e. The van der Waals surface area contributed by atoms with Crippen LogP contribution in [-0.4, -0.2) is 26.4 Å². The maximum absolute atomic E-state index is 12.9. The molecule has 1 aromatic rings. The van der Waals surface area contributed by atoms with Gasteiger partial charge in [0.25, 0.3) is 0 Å². The van der Waals surface area contributed by atoms with Gasteiger partial charge in [-0.3, -0.25) is 4.39 Å². The van der Waals surface area contributed by atoms with E-state index in [4.69, 9.17) is 10.3 Å². The molecule has 6 heteroatoms. The molecule has 0 amide bonds. The van der Waals surface area contributed by atoms with E-state index in [0.717, 1.165) is 24.2 Å². The highest BCUT2D eigenvalue weighted by atomic mass is 19.1. The van der Waals surface area contributed by atoms with Crippen molar-refractivity contribution in [2.45, 2.75) is 25.5 Å². The third kappa shape index (κ3) is 4.43. The van der Waals surface area contributed by atoms with Crippen LogP contribution in [0.4, 0.5) is 10.1 Å². The summed E-state index contributed by atoms with van der Waals surface area (Å²) in [4.78, 5) is 2.65. The average molecular weight is 266 g/mol. The Morgan fingerprint density at radius 3 is 2.58 bits per heavy atom. The molecule has 1 rings (SSSR count). The molecule has 1 N–H and O–H groups in total. The van der Waals surface area contributed by atoms with Crippen molar-refractivity contribution >= 4 is 5.69 Å². The molecule has 0 fully saturated rings. The minimum absolute atomic E-state index is 0.568. The zero-order valence-electron chi connectivity index (χ0n) is 11.2. The van der Waals surface area contributed by atoms with Crippen LogP contribution < -0.4 is 5.32 Å². The standard InChI is InChI=1S/C13H19FN4O/c1-3-8-16-11-6-4-10(5-7-11)13(19-2)12(9-14)17-18-15/h4-7,12-13,16H,3,8-9H2,1-2H3/t12-,13-/m1/s1. The van der Waals surface area contributed by atoms with Crippen molar-refractivity contribution in [2.75, 3.05) is 25.6 Å². The van der Waals surface area contributed by atoms with Crippen LogP contribution in [0.3, 0.4) is 0 Å². The first kappa shape index (κ1) is 15.3. The Hall–Kier alpha value is -1.78. The van der Waals surface area contributed by atoms with Crippen molar-refractivity contribution in [3.05, 3.63) is 40.3 Å². The van der Waals surface area contributed by atoms with Gasteiger partial charge >= 0.3 is 0 Å². The number of nitrogens with one attached hydrogen (secondary N) is 1. The molecule has 0 aliphatic heterocycles. The number of ether oxygens (including phenoxy) is 1. The topological polar surface area (TPSA) is 70.0 Å². The number of anilines is 1. The Morgan fingerprint density at radius 2 is 2.11 bits per heavy atom. The molecular weight excluding hydrogens is 247 g/mol. The lowest BCUT2D eigenvalue weighted by Gasteiger charge is -2.20. The highest BCUT2D eigenvalue weighted by Gasteiger charge is 2.21. The Bertz CT molecular complexity index is 417. The molecule has 0 bridgehead atoms. The Labute approximate surface area is 112 Å². The zero-order valence-corrected chi connectivity index (χ0v) is 11.2. The number of hydrogen-bond acceptors (Lipinski definition) is 3. The van der Waals surface area contributed by atoms with E-state index in [1.165, 1.54) is 7.11 Å². The van der Waals surface area contributed by atoms with Crippen molar-refractivity contribution in [1.29, 1.82) is 0 Å². The van der Waals surface area contributed by atoms with Crippen LogP contribution in [0.25, 0.3) is 10.4 Å². The fraction of sp³-hybridized carbons (Fsp3) is 0.538. The second-order valence-electron chi connectivity index (χ2n) is 4.13. The summed E-state index contributed by atoms with van der Waals surface area (Å²) >= 11 is 0. The third-order valence-corrected chi connectivity index (χ3v) is 2.78. The van der Waals surface area contributed by atoms with Gasteiger partial charge in [-0.15, -0.1) is 0 Å². The lowest BCUT2D eigenvalue weighted by Crippen LogP contribution is -2.20. The second-order valence-corrected chi connectivity index (χ2v) is 4.13. The molecule has 0 aromatic heterocycles. The number of azide groups is 1. The smallest absolute Gasteiger partial charge is 0.101 e. The molecule has 0 heterocycles. The van der Waals surface area contributed by atoms with Crippen molar-refractivity contribution in [1.82, 2.24) is 0 Å². The van der Waals surface area contributed by atoms with Crippen LogP contribution in [0.5, 0.6) is 0 Å². The molecule has 104 valence electrons. The van der Waals surface area contributed by atoms with E-state index in [1.54, 1.807) is 0 Å². The predicted octanol–water partition coefficient (Wildman–Crippen LogP) is 3.84. The Balaban J connectivity index is 2.83. The van der Waals surface area contributed by atoms with E-state index in [2.05, 4.69) is 22.3 Å². The van der Waals surface area contributed by atoms with E-state index in [-0.39, 0.29) is 0 Å². The van der Waals surface area contributed by atoms with E-state index in [1.807, 2.05) is 24.3 Å². The molecule has 5 nitrogen and oxygen atoms in total. The molecule has 0 aliphatic carbocycles. The Morgan fingerprint density at radius 1 is 1.42 bits per heavy atom. The first-order chi connectivity index (χ1) is 9.26. The summed E-state index contributed by atoms with van der Waals surface area (Å²) in [5.41, 5.74) is 10.2. The summed E-state index contributed by atoms with van der Waals surface area (Å²) in [6.45, 7) is 2.24. The Kier molecular flexibility index (Phi) is 6.71. The monoisotopic (exact) mass is 266 g/mol. The van der Waals surface area contributed by atoms with Crippen LogP contribution >= 0.6 is 0 Å². The fourth-order valence-electron chi connectivity index (χ4n) is 1.81. The number of alkyl halides is 1. The van der Waals surface area contributed by atoms with Gasteiger partial charge in [0.05, 0.1) is 12.1 Å².